The van der Waals surface area contributed by atoms with E-state index in [-0.39, 0.29) is 0 Å². The summed E-state index contributed by atoms with van der Waals surface area (Å²) in [5, 5.41) is 0. The molecule has 0 atom stereocenters. The first kappa shape index (κ1) is 15.1. The van der Waals surface area contributed by atoms with Gasteiger partial charge in [0.1, 0.15) is 12.4 Å². The minimum Gasteiger partial charge on any atom is -0.492 e. The molecule has 1 aliphatic heterocycles. The molecule has 0 spiro atoms. The van der Waals surface area contributed by atoms with Crippen molar-refractivity contribution < 1.29 is 9.47 Å². The molecule has 1 radical (unpaired) electrons. The van der Waals surface area contributed by atoms with Gasteiger partial charge in [0.25, 0.3) is 0 Å². The molecule has 4 heteroatoms. The molecule has 0 unspecified atom stereocenters. The van der Waals surface area contributed by atoms with Crippen molar-refractivity contribution >= 4 is 5.69 Å². The third-order valence-electron chi connectivity index (χ3n) is 3.66. The first-order valence-corrected chi connectivity index (χ1v) is 7.53. The largest absolute Gasteiger partial charge is 0.492 e. The van der Waals surface area contributed by atoms with Gasteiger partial charge >= 0.3 is 0 Å². The molecule has 111 valence electrons. The zero-order chi connectivity index (χ0) is 14.2. The summed E-state index contributed by atoms with van der Waals surface area (Å²) in [7, 11) is 0. The molecule has 0 amide bonds. The zero-order valence-electron chi connectivity index (χ0n) is 12.6. The molecule has 1 fully saturated rings. The molecule has 2 rings (SSSR count). The molecule has 0 saturated carbocycles. The predicted octanol–water partition coefficient (Wildman–Crippen LogP) is 2.04. The van der Waals surface area contributed by atoms with Gasteiger partial charge in [0.05, 0.1) is 13.2 Å². The fraction of sp³-hybridized carbons (Fsp3) is 0.625. The van der Waals surface area contributed by atoms with Crippen LogP contribution in [-0.2, 0) is 4.74 Å². The molecular weight excluding hydrogens is 252 g/mol. The maximum absolute atomic E-state index is 5.82. The van der Waals surface area contributed by atoms with Gasteiger partial charge < -0.3 is 14.4 Å². The molecule has 0 aromatic heterocycles. The highest BCUT2D eigenvalue weighted by Gasteiger charge is 2.10. The first-order chi connectivity index (χ1) is 9.83. The Hall–Kier alpha value is -1.26. The van der Waals surface area contributed by atoms with Gasteiger partial charge in [-0.2, -0.15) is 0 Å². The van der Waals surface area contributed by atoms with Crippen LogP contribution in [0, 0.1) is 6.07 Å². The highest BCUT2D eigenvalue weighted by atomic mass is 16.5. The summed E-state index contributed by atoms with van der Waals surface area (Å²) in [6.45, 7) is 11.7. The summed E-state index contributed by atoms with van der Waals surface area (Å²) in [5.41, 5.74) is 1.20. The van der Waals surface area contributed by atoms with Crippen LogP contribution < -0.4 is 9.64 Å². The van der Waals surface area contributed by atoms with E-state index in [2.05, 4.69) is 41.8 Å². The lowest BCUT2D eigenvalue weighted by Gasteiger charge is -2.26. The van der Waals surface area contributed by atoms with Crippen LogP contribution in [0.2, 0.25) is 0 Å². The summed E-state index contributed by atoms with van der Waals surface area (Å²) in [6, 6.07) is 9.26. The van der Waals surface area contributed by atoms with Crippen LogP contribution in [0.5, 0.6) is 5.75 Å². The highest BCUT2D eigenvalue weighted by molar-refractivity contribution is 5.50. The normalized spacial score (nSPS) is 16.1. The van der Waals surface area contributed by atoms with Crippen LogP contribution in [0.15, 0.2) is 18.2 Å². The highest BCUT2D eigenvalue weighted by Crippen LogP contribution is 2.20. The van der Waals surface area contributed by atoms with Gasteiger partial charge in [0.2, 0.25) is 0 Å². The Morgan fingerprint density at radius 2 is 2.05 bits per heavy atom. The Morgan fingerprint density at radius 1 is 1.30 bits per heavy atom. The second-order valence-electron chi connectivity index (χ2n) is 4.89. The van der Waals surface area contributed by atoms with Gasteiger partial charge in [-0.3, -0.25) is 4.90 Å². The number of morpholine rings is 1. The van der Waals surface area contributed by atoms with Crippen LogP contribution in [0.25, 0.3) is 0 Å². The molecule has 0 bridgehead atoms. The molecule has 1 aliphatic rings. The monoisotopic (exact) mass is 277 g/mol. The van der Waals surface area contributed by atoms with Gasteiger partial charge in [-0.15, -0.1) is 0 Å². The molecule has 1 aromatic rings. The first-order valence-electron chi connectivity index (χ1n) is 7.53. The van der Waals surface area contributed by atoms with Crippen LogP contribution in [0.4, 0.5) is 5.69 Å². The molecular formula is C16H25N2O2. The van der Waals surface area contributed by atoms with Gasteiger partial charge in [-0.1, -0.05) is 0 Å². The van der Waals surface area contributed by atoms with Crippen molar-refractivity contribution in [1.82, 2.24) is 4.90 Å². The Labute approximate surface area is 122 Å². The second kappa shape index (κ2) is 8.12. The van der Waals surface area contributed by atoms with Crippen molar-refractivity contribution in [1.29, 1.82) is 0 Å². The van der Waals surface area contributed by atoms with E-state index in [1.807, 2.05) is 6.07 Å². The standard InChI is InChI=1S/C16H25N2O2/c1-3-18(4-2)15-6-5-7-16(14-15)20-13-10-17-8-11-19-12-9-17/h5-6,14H,3-4,8-13H2,1-2H3. The Kier molecular flexibility index (Phi) is 6.15. The van der Waals surface area contributed by atoms with Crippen molar-refractivity contribution in [3.05, 3.63) is 24.3 Å². The molecule has 4 nitrogen and oxygen atoms in total. The van der Waals surface area contributed by atoms with Crippen LogP contribution in [0.3, 0.4) is 0 Å². The maximum atomic E-state index is 5.82. The average Bonchev–Trinajstić information content (AvgIpc) is 2.50. The molecule has 1 aromatic carbocycles. The Bertz CT molecular complexity index is 388. The topological polar surface area (TPSA) is 24.9 Å². The van der Waals surface area contributed by atoms with E-state index in [1.165, 1.54) is 5.69 Å². The lowest BCUT2D eigenvalue weighted by atomic mass is 10.2. The lowest BCUT2D eigenvalue weighted by molar-refractivity contribution is 0.0322. The van der Waals surface area contributed by atoms with E-state index in [0.717, 1.165) is 51.7 Å². The quantitative estimate of drug-likeness (QED) is 0.761. The van der Waals surface area contributed by atoms with Crippen LogP contribution in [0.1, 0.15) is 13.8 Å². The van der Waals surface area contributed by atoms with Crippen molar-refractivity contribution in [2.75, 3.05) is 57.4 Å². The van der Waals surface area contributed by atoms with E-state index in [1.54, 1.807) is 0 Å². The Balaban J connectivity index is 1.81. The summed E-state index contributed by atoms with van der Waals surface area (Å²) in [6.07, 6.45) is 0. The van der Waals surface area contributed by atoms with E-state index in [9.17, 15) is 0 Å². The van der Waals surface area contributed by atoms with Gasteiger partial charge in [0, 0.05) is 50.5 Å². The van der Waals surface area contributed by atoms with Crippen molar-refractivity contribution in [2.24, 2.45) is 0 Å². The number of anilines is 1. The summed E-state index contributed by atoms with van der Waals surface area (Å²) in [4.78, 5) is 4.68. The average molecular weight is 277 g/mol. The fourth-order valence-electron chi connectivity index (χ4n) is 2.41. The van der Waals surface area contributed by atoms with E-state index < -0.39 is 0 Å². The fourth-order valence-corrected chi connectivity index (χ4v) is 2.41. The molecule has 1 heterocycles. The van der Waals surface area contributed by atoms with Gasteiger partial charge in [-0.25, -0.2) is 0 Å². The van der Waals surface area contributed by atoms with Crippen LogP contribution in [-0.4, -0.2) is 57.4 Å². The summed E-state index contributed by atoms with van der Waals surface area (Å²) < 4.78 is 11.2. The van der Waals surface area contributed by atoms with Gasteiger partial charge in [-0.05, 0) is 26.0 Å². The van der Waals surface area contributed by atoms with Gasteiger partial charge in [0.15, 0.2) is 0 Å². The number of hydrogen-bond acceptors (Lipinski definition) is 4. The van der Waals surface area contributed by atoms with E-state index >= 15 is 0 Å². The SMILES string of the molecule is CCN(CC)c1cc[c]c(OCCN2CCOCC2)c1. The number of hydrogen-bond donors (Lipinski definition) is 0. The number of ether oxygens (including phenoxy) is 2. The molecule has 20 heavy (non-hydrogen) atoms. The number of nitrogens with zero attached hydrogens (tertiary/aromatic N) is 2. The van der Waals surface area contributed by atoms with Crippen LogP contribution >= 0.6 is 0 Å². The lowest BCUT2D eigenvalue weighted by Crippen LogP contribution is -2.38. The Morgan fingerprint density at radius 3 is 2.75 bits per heavy atom. The number of benzene rings is 1. The molecule has 1 saturated heterocycles. The minimum atomic E-state index is 0.707. The van der Waals surface area contributed by atoms with Crippen molar-refractivity contribution in [3.8, 4) is 5.75 Å². The summed E-state index contributed by atoms with van der Waals surface area (Å²) >= 11 is 0. The molecule has 0 aliphatic carbocycles. The third-order valence-corrected chi connectivity index (χ3v) is 3.66. The maximum Gasteiger partial charge on any atom is 0.129 e. The second-order valence-corrected chi connectivity index (χ2v) is 4.89. The van der Waals surface area contributed by atoms with Crippen molar-refractivity contribution in [3.63, 3.8) is 0 Å². The predicted molar refractivity (Wildman–Crippen MR) is 81.6 cm³/mol. The van der Waals surface area contributed by atoms with E-state index in [0.29, 0.717) is 6.61 Å². The number of rotatable bonds is 7. The smallest absolute Gasteiger partial charge is 0.129 e. The summed E-state index contributed by atoms with van der Waals surface area (Å²) in [5.74, 6) is 0.836. The van der Waals surface area contributed by atoms with Crippen molar-refractivity contribution in [2.45, 2.75) is 13.8 Å². The third kappa shape index (κ3) is 4.39. The van der Waals surface area contributed by atoms with E-state index in [4.69, 9.17) is 9.47 Å². The minimum absolute atomic E-state index is 0.707. The molecule has 0 N–H and O–H groups in total. The zero-order valence-corrected chi connectivity index (χ0v) is 12.6.